The first kappa shape index (κ1) is 22.1. The van der Waals surface area contributed by atoms with E-state index in [2.05, 4.69) is 5.10 Å². The van der Waals surface area contributed by atoms with Gasteiger partial charge in [0.2, 0.25) is 5.91 Å². The van der Waals surface area contributed by atoms with Gasteiger partial charge in [0.25, 0.3) is 0 Å². The van der Waals surface area contributed by atoms with Crippen LogP contribution in [0.4, 0.5) is 8.78 Å². The Labute approximate surface area is 158 Å². The summed E-state index contributed by atoms with van der Waals surface area (Å²) in [5.74, 6) is -0.114. The first-order valence-corrected chi connectivity index (χ1v) is 8.28. The largest absolute Gasteiger partial charge is 0.338 e. The summed E-state index contributed by atoms with van der Waals surface area (Å²) in [6.45, 7) is 2.00. The molecule has 0 atom stereocenters. The molecular formula is C18H25ClF2N4O. The Morgan fingerprint density at radius 1 is 1.27 bits per heavy atom. The lowest BCUT2D eigenvalue weighted by Gasteiger charge is -2.23. The predicted molar refractivity (Wildman–Crippen MR) is 99.4 cm³/mol. The van der Waals surface area contributed by atoms with Crippen LogP contribution >= 0.6 is 12.4 Å². The number of benzene rings is 1. The lowest BCUT2D eigenvalue weighted by atomic mass is 10.1. The van der Waals surface area contributed by atoms with Crippen LogP contribution in [0.2, 0.25) is 0 Å². The van der Waals surface area contributed by atoms with Crippen molar-refractivity contribution in [2.45, 2.75) is 39.8 Å². The summed E-state index contributed by atoms with van der Waals surface area (Å²) in [7, 11) is 0. The molecule has 0 saturated carbocycles. The van der Waals surface area contributed by atoms with Crippen LogP contribution in [0.15, 0.2) is 30.3 Å². The molecule has 2 aromatic rings. The molecule has 0 aliphatic carbocycles. The molecule has 0 aliphatic heterocycles. The number of halogens is 3. The number of carbonyl (C=O) groups excluding carboxylic acids is 1. The topological polar surface area (TPSA) is 64.2 Å². The molecular weight excluding hydrogens is 362 g/mol. The van der Waals surface area contributed by atoms with Crippen molar-refractivity contribution in [2.75, 3.05) is 13.1 Å². The van der Waals surface area contributed by atoms with Gasteiger partial charge >= 0.3 is 6.55 Å². The Morgan fingerprint density at radius 3 is 2.46 bits per heavy atom. The molecule has 1 amide bonds. The minimum atomic E-state index is -2.71. The number of hydrogen-bond acceptors (Lipinski definition) is 3. The molecule has 8 heteroatoms. The fourth-order valence-electron chi connectivity index (χ4n) is 2.78. The fraction of sp³-hybridized carbons (Fsp3) is 0.444. The van der Waals surface area contributed by atoms with E-state index < -0.39 is 6.55 Å². The first-order chi connectivity index (χ1) is 11.9. The molecule has 144 valence electrons. The molecule has 1 aromatic heterocycles. The first-order valence-electron chi connectivity index (χ1n) is 8.28. The van der Waals surface area contributed by atoms with E-state index in [0.717, 1.165) is 5.56 Å². The minimum Gasteiger partial charge on any atom is -0.338 e. The van der Waals surface area contributed by atoms with E-state index in [-0.39, 0.29) is 24.7 Å². The van der Waals surface area contributed by atoms with Gasteiger partial charge in [0.15, 0.2) is 0 Å². The van der Waals surface area contributed by atoms with Gasteiger partial charge in [-0.05, 0) is 32.4 Å². The lowest BCUT2D eigenvalue weighted by Crippen LogP contribution is -2.34. The number of carbonyl (C=O) groups is 1. The van der Waals surface area contributed by atoms with E-state index >= 15 is 0 Å². The molecule has 5 nitrogen and oxygen atoms in total. The van der Waals surface area contributed by atoms with Gasteiger partial charge in [-0.3, -0.25) is 4.79 Å². The summed E-state index contributed by atoms with van der Waals surface area (Å²) in [6.07, 6.45) is 0.745. The van der Waals surface area contributed by atoms with Crippen LogP contribution in [0.1, 0.15) is 35.5 Å². The lowest BCUT2D eigenvalue weighted by molar-refractivity contribution is -0.131. The average Bonchev–Trinajstić information content (AvgIpc) is 2.87. The quantitative estimate of drug-likeness (QED) is 0.757. The molecule has 26 heavy (non-hydrogen) atoms. The zero-order valence-electron chi connectivity index (χ0n) is 15.0. The van der Waals surface area contributed by atoms with Gasteiger partial charge in [0.05, 0.1) is 12.1 Å². The molecule has 2 rings (SSSR count). The highest BCUT2D eigenvalue weighted by Crippen LogP contribution is 2.20. The Hall–Kier alpha value is -1.99. The summed E-state index contributed by atoms with van der Waals surface area (Å²) in [6, 6.07) is 9.66. The van der Waals surface area contributed by atoms with Crippen molar-refractivity contribution in [2.24, 2.45) is 5.73 Å². The molecule has 0 unspecified atom stereocenters. The second-order valence-electron chi connectivity index (χ2n) is 5.99. The van der Waals surface area contributed by atoms with Crippen LogP contribution in [0.3, 0.4) is 0 Å². The third-order valence-electron chi connectivity index (χ3n) is 4.19. The molecule has 0 fully saturated rings. The normalized spacial score (nSPS) is 10.7. The zero-order valence-corrected chi connectivity index (χ0v) is 15.8. The number of hydrogen-bond donors (Lipinski definition) is 1. The summed E-state index contributed by atoms with van der Waals surface area (Å²) in [5, 5.41) is 3.84. The van der Waals surface area contributed by atoms with E-state index in [0.29, 0.717) is 47.7 Å². The molecule has 0 saturated heterocycles. The van der Waals surface area contributed by atoms with E-state index in [1.54, 1.807) is 18.7 Å². The Bertz CT molecular complexity index is 707. The van der Waals surface area contributed by atoms with Gasteiger partial charge in [-0.2, -0.15) is 13.9 Å². The third kappa shape index (κ3) is 5.51. The number of rotatable bonds is 8. The van der Waals surface area contributed by atoms with Gasteiger partial charge in [-0.15, -0.1) is 12.4 Å². The predicted octanol–water partition coefficient (Wildman–Crippen LogP) is 3.24. The van der Waals surface area contributed by atoms with Crippen molar-refractivity contribution >= 4 is 18.3 Å². The van der Waals surface area contributed by atoms with Gasteiger partial charge in [0.1, 0.15) is 0 Å². The minimum absolute atomic E-state index is 0. The second kappa shape index (κ2) is 10.2. The molecule has 2 N–H and O–H groups in total. The van der Waals surface area contributed by atoms with Crippen molar-refractivity contribution in [3.8, 4) is 0 Å². The highest BCUT2D eigenvalue weighted by atomic mass is 35.5. The number of aryl methyl sites for hydroxylation is 1. The molecule has 1 aromatic carbocycles. The van der Waals surface area contributed by atoms with Gasteiger partial charge in [0, 0.05) is 24.3 Å². The Balaban J connectivity index is 0.00000338. The number of nitrogens with two attached hydrogens (primary N) is 1. The third-order valence-corrected chi connectivity index (χ3v) is 4.19. The highest BCUT2D eigenvalue weighted by molar-refractivity contribution is 5.85. The van der Waals surface area contributed by atoms with Crippen LogP contribution in [0.5, 0.6) is 0 Å². The number of nitrogens with zero attached hydrogens (tertiary/aromatic N) is 3. The zero-order chi connectivity index (χ0) is 18.4. The van der Waals surface area contributed by atoms with Crippen LogP contribution in [-0.2, 0) is 17.8 Å². The van der Waals surface area contributed by atoms with E-state index in [1.807, 2.05) is 30.3 Å². The van der Waals surface area contributed by atoms with Crippen LogP contribution in [0.25, 0.3) is 0 Å². The number of alkyl halides is 2. The Morgan fingerprint density at radius 2 is 1.92 bits per heavy atom. The molecule has 0 spiro atoms. The number of amides is 1. The maximum Gasteiger partial charge on any atom is 0.333 e. The number of aromatic nitrogens is 2. The van der Waals surface area contributed by atoms with E-state index in [4.69, 9.17) is 5.73 Å². The summed E-state index contributed by atoms with van der Waals surface area (Å²) < 4.78 is 26.6. The van der Waals surface area contributed by atoms with E-state index in [9.17, 15) is 13.6 Å². The molecule has 1 heterocycles. The maximum absolute atomic E-state index is 13.0. The standard InChI is InChI=1S/C18H24F2N4O.ClH/c1-13-16(14(2)24(22-13)18(19)20)11-17(25)23(10-6-9-21)12-15-7-4-3-5-8-15;/h3-5,7-8,18H,6,9-12,21H2,1-2H3;1H. The van der Waals surface area contributed by atoms with Crippen molar-refractivity contribution in [3.05, 3.63) is 52.8 Å². The fourth-order valence-corrected chi connectivity index (χ4v) is 2.78. The van der Waals surface area contributed by atoms with Crippen LogP contribution in [-0.4, -0.2) is 33.7 Å². The van der Waals surface area contributed by atoms with Crippen LogP contribution < -0.4 is 5.73 Å². The molecule has 0 aliphatic rings. The molecule has 0 radical (unpaired) electrons. The van der Waals surface area contributed by atoms with Crippen molar-refractivity contribution in [1.82, 2.24) is 14.7 Å². The summed E-state index contributed by atoms with van der Waals surface area (Å²) >= 11 is 0. The smallest absolute Gasteiger partial charge is 0.333 e. The average molecular weight is 387 g/mol. The summed E-state index contributed by atoms with van der Waals surface area (Å²) in [4.78, 5) is 14.5. The summed E-state index contributed by atoms with van der Waals surface area (Å²) in [5.41, 5.74) is 7.95. The van der Waals surface area contributed by atoms with Gasteiger partial charge in [-0.1, -0.05) is 30.3 Å². The molecule has 0 bridgehead atoms. The van der Waals surface area contributed by atoms with Gasteiger partial charge in [-0.25, -0.2) is 4.68 Å². The second-order valence-corrected chi connectivity index (χ2v) is 5.99. The highest BCUT2D eigenvalue weighted by Gasteiger charge is 2.22. The van der Waals surface area contributed by atoms with Crippen molar-refractivity contribution < 1.29 is 13.6 Å². The van der Waals surface area contributed by atoms with Crippen LogP contribution in [0, 0.1) is 13.8 Å². The van der Waals surface area contributed by atoms with Gasteiger partial charge < -0.3 is 10.6 Å². The Kier molecular flexibility index (Phi) is 8.68. The van der Waals surface area contributed by atoms with Crippen molar-refractivity contribution in [3.63, 3.8) is 0 Å². The monoisotopic (exact) mass is 386 g/mol. The maximum atomic E-state index is 13.0. The van der Waals surface area contributed by atoms with E-state index in [1.165, 1.54) is 0 Å². The van der Waals surface area contributed by atoms with Crippen molar-refractivity contribution in [1.29, 1.82) is 0 Å². The SMILES string of the molecule is Cc1nn(C(F)F)c(C)c1CC(=O)N(CCCN)Cc1ccccc1.Cl.